The zero-order valence-electron chi connectivity index (χ0n) is 17.7. The fourth-order valence-electron chi connectivity index (χ4n) is 5.43. The van der Waals surface area contributed by atoms with Gasteiger partial charge in [-0.1, -0.05) is 6.07 Å². The molecule has 0 amide bonds. The summed E-state index contributed by atoms with van der Waals surface area (Å²) in [5.41, 5.74) is 4.90. The lowest BCUT2D eigenvalue weighted by atomic mass is 9.69. The molecule has 1 saturated carbocycles. The highest BCUT2D eigenvalue weighted by molar-refractivity contribution is 5.81. The van der Waals surface area contributed by atoms with Gasteiger partial charge < -0.3 is 14.0 Å². The largest absolute Gasteiger partial charge is 0.454 e. The number of carbonyl (C=O) groups excluding carboxylic acids is 1. The number of rotatable bonds is 2. The van der Waals surface area contributed by atoms with Gasteiger partial charge in [0, 0.05) is 36.1 Å². The molecule has 31 heavy (non-hydrogen) atoms. The third-order valence-corrected chi connectivity index (χ3v) is 7.02. The molecule has 1 aromatic carbocycles. The minimum absolute atomic E-state index is 0.0146. The number of aryl methyl sites for hydroxylation is 1. The number of ketones is 1. The van der Waals surface area contributed by atoms with Crippen LogP contribution in [0, 0.1) is 6.92 Å². The van der Waals surface area contributed by atoms with Crippen molar-refractivity contribution in [1.82, 2.24) is 14.5 Å². The van der Waals surface area contributed by atoms with Crippen LogP contribution >= 0.6 is 0 Å². The molecule has 6 rings (SSSR count). The van der Waals surface area contributed by atoms with E-state index < -0.39 is 0 Å². The van der Waals surface area contributed by atoms with E-state index in [0.717, 1.165) is 77.9 Å². The summed E-state index contributed by atoms with van der Waals surface area (Å²) in [6, 6.07) is 12.2. The minimum atomic E-state index is -0.0146. The first-order valence-corrected chi connectivity index (χ1v) is 11.1. The van der Waals surface area contributed by atoms with Crippen molar-refractivity contribution in [3.63, 3.8) is 0 Å². The molecular weight excluding hydrogens is 390 g/mol. The molecule has 4 heterocycles. The highest BCUT2D eigenvalue weighted by atomic mass is 16.7. The molecule has 1 fully saturated rings. The lowest BCUT2D eigenvalue weighted by Crippen LogP contribution is -2.38. The smallest absolute Gasteiger partial charge is 0.231 e. The van der Waals surface area contributed by atoms with Gasteiger partial charge in [0.05, 0.1) is 11.4 Å². The predicted molar refractivity (Wildman–Crippen MR) is 116 cm³/mol. The van der Waals surface area contributed by atoms with Gasteiger partial charge in [-0.2, -0.15) is 0 Å². The third kappa shape index (κ3) is 2.96. The van der Waals surface area contributed by atoms with Crippen LogP contribution in [-0.4, -0.2) is 27.1 Å². The fraction of sp³-hybridized carbons (Fsp3) is 0.400. The Balaban J connectivity index is 1.57. The highest BCUT2D eigenvalue weighted by Gasteiger charge is 2.43. The molecule has 158 valence electrons. The van der Waals surface area contributed by atoms with Gasteiger partial charge in [-0.25, -0.2) is 4.98 Å². The Kier molecular flexibility index (Phi) is 4.16. The van der Waals surface area contributed by atoms with Gasteiger partial charge >= 0.3 is 0 Å². The Morgan fingerprint density at radius 3 is 2.68 bits per heavy atom. The number of aromatic nitrogens is 3. The van der Waals surface area contributed by atoms with Crippen LogP contribution in [-0.2, 0) is 16.8 Å². The van der Waals surface area contributed by atoms with E-state index in [2.05, 4.69) is 16.7 Å². The number of ether oxygens (including phenoxy) is 2. The van der Waals surface area contributed by atoms with Crippen LogP contribution in [0.25, 0.3) is 22.6 Å². The van der Waals surface area contributed by atoms with Crippen molar-refractivity contribution in [2.75, 3.05) is 6.79 Å². The van der Waals surface area contributed by atoms with Crippen molar-refractivity contribution < 1.29 is 14.3 Å². The standard InChI is InChI=1S/C25H25N3O3/c1-16-4-2-5-19(26-16)22-23(17-6-7-20-21(14-17)31-15-30-20)28-13-3-10-25(24(28)27-22)11-8-18(29)9-12-25/h2,4-7,14H,3,8-13,15H2,1H3. The number of benzene rings is 1. The topological polar surface area (TPSA) is 66.2 Å². The molecule has 3 aliphatic rings. The molecule has 0 bridgehead atoms. The van der Waals surface area contributed by atoms with Crippen LogP contribution in [0.15, 0.2) is 36.4 Å². The van der Waals surface area contributed by atoms with E-state index in [-0.39, 0.29) is 12.2 Å². The molecule has 3 aromatic rings. The second-order valence-corrected chi connectivity index (χ2v) is 8.94. The summed E-state index contributed by atoms with van der Waals surface area (Å²) in [5, 5.41) is 0. The van der Waals surface area contributed by atoms with Crippen LogP contribution < -0.4 is 9.47 Å². The molecule has 0 unspecified atom stereocenters. The van der Waals surface area contributed by atoms with Crippen LogP contribution in [0.2, 0.25) is 0 Å². The quantitative estimate of drug-likeness (QED) is 0.600. The summed E-state index contributed by atoms with van der Waals surface area (Å²) in [4.78, 5) is 22.1. The van der Waals surface area contributed by atoms with E-state index in [0.29, 0.717) is 18.6 Å². The fourth-order valence-corrected chi connectivity index (χ4v) is 5.43. The van der Waals surface area contributed by atoms with Gasteiger partial charge in [0.25, 0.3) is 0 Å². The minimum Gasteiger partial charge on any atom is -0.454 e. The third-order valence-electron chi connectivity index (χ3n) is 7.02. The van der Waals surface area contributed by atoms with Gasteiger partial charge in [0.2, 0.25) is 6.79 Å². The van der Waals surface area contributed by atoms with Crippen molar-refractivity contribution in [2.45, 2.75) is 57.4 Å². The van der Waals surface area contributed by atoms with E-state index in [9.17, 15) is 4.79 Å². The van der Waals surface area contributed by atoms with Gasteiger partial charge in [-0.3, -0.25) is 9.78 Å². The van der Waals surface area contributed by atoms with Gasteiger partial charge in [-0.05, 0) is 62.9 Å². The Labute approximate surface area is 181 Å². The molecule has 6 heteroatoms. The first kappa shape index (κ1) is 18.6. The molecular formula is C25H25N3O3. The normalized spacial score (nSPS) is 18.9. The molecule has 0 N–H and O–H groups in total. The molecule has 2 aliphatic heterocycles. The van der Waals surface area contributed by atoms with Crippen LogP contribution in [0.4, 0.5) is 0 Å². The van der Waals surface area contributed by atoms with Crippen LogP contribution in [0.5, 0.6) is 11.5 Å². The zero-order chi connectivity index (χ0) is 21.0. The average molecular weight is 415 g/mol. The number of hydrogen-bond donors (Lipinski definition) is 0. The van der Waals surface area contributed by atoms with Crippen molar-refractivity contribution in [2.24, 2.45) is 0 Å². The second kappa shape index (κ2) is 6.94. The van der Waals surface area contributed by atoms with Crippen molar-refractivity contribution >= 4 is 5.78 Å². The SMILES string of the molecule is Cc1cccc(-c2nc3n(c2-c2ccc4c(c2)OCO4)CCCC32CCC(=O)CC2)n1. The van der Waals surface area contributed by atoms with Gasteiger partial charge in [0.1, 0.15) is 17.3 Å². The Hall–Kier alpha value is -3.15. The Morgan fingerprint density at radius 1 is 1.00 bits per heavy atom. The summed E-state index contributed by atoms with van der Waals surface area (Å²) in [5.74, 6) is 3.05. The van der Waals surface area contributed by atoms with Crippen molar-refractivity contribution in [1.29, 1.82) is 0 Å². The van der Waals surface area contributed by atoms with Gasteiger partial charge in [-0.15, -0.1) is 0 Å². The maximum Gasteiger partial charge on any atom is 0.231 e. The van der Waals surface area contributed by atoms with E-state index in [1.54, 1.807) is 0 Å². The Bertz CT molecular complexity index is 1190. The number of carbonyl (C=O) groups is 1. The first-order chi connectivity index (χ1) is 15.1. The summed E-state index contributed by atoms with van der Waals surface area (Å²) in [7, 11) is 0. The monoisotopic (exact) mass is 415 g/mol. The van der Waals surface area contributed by atoms with Crippen LogP contribution in [0.3, 0.4) is 0 Å². The molecule has 0 atom stereocenters. The first-order valence-electron chi connectivity index (χ1n) is 11.1. The molecule has 2 aromatic heterocycles. The maximum atomic E-state index is 12.0. The predicted octanol–water partition coefficient (Wildman–Crippen LogP) is 4.82. The number of pyridine rings is 1. The highest BCUT2D eigenvalue weighted by Crippen LogP contribution is 2.48. The number of nitrogens with zero attached hydrogens (tertiary/aromatic N) is 3. The lowest BCUT2D eigenvalue weighted by molar-refractivity contribution is -0.121. The molecule has 1 spiro atoms. The molecule has 1 aliphatic carbocycles. The average Bonchev–Trinajstić information content (AvgIpc) is 3.41. The maximum absolute atomic E-state index is 12.0. The van der Waals surface area contributed by atoms with E-state index in [1.165, 1.54) is 0 Å². The Morgan fingerprint density at radius 2 is 1.84 bits per heavy atom. The molecule has 0 saturated heterocycles. The summed E-state index contributed by atoms with van der Waals surface area (Å²) >= 11 is 0. The number of fused-ring (bicyclic) bond motifs is 3. The summed E-state index contributed by atoms with van der Waals surface area (Å²) < 4.78 is 13.6. The number of imidazole rings is 1. The number of hydrogen-bond acceptors (Lipinski definition) is 5. The molecule has 0 radical (unpaired) electrons. The second-order valence-electron chi connectivity index (χ2n) is 8.94. The van der Waals surface area contributed by atoms with E-state index in [4.69, 9.17) is 19.4 Å². The summed E-state index contributed by atoms with van der Waals surface area (Å²) in [6.45, 7) is 3.19. The van der Waals surface area contributed by atoms with Crippen LogP contribution in [0.1, 0.15) is 50.0 Å². The zero-order valence-corrected chi connectivity index (χ0v) is 17.7. The summed E-state index contributed by atoms with van der Waals surface area (Å²) in [6.07, 6.45) is 5.29. The lowest BCUT2D eigenvalue weighted by Gasteiger charge is -2.40. The number of Topliss-reactive ketones (excluding diaryl/α,β-unsaturated/α-hetero) is 1. The van der Waals surface area contributed by atoms with Gasteiger partial charge in [0.15, 0.2) is 11.5 Å². The van der Waals surface area contributed by atoms with Crippen molar-refractivity contribution in [3.8, 4) is 34.1 Å². The molecule has 6 nitrogen and oxygen atoms in total. The van der Waals surface area contributed by atoms with E-state index in [1.807, 2.05) is 31.2 Å². The van der Waals surface area contributed by atoms with Crippen molar-refractivity contribution in [3.05, 3.63) is 47.9 Å². The van der Waals surface area contributed by atoms with E-state index >= 15 is 0 Å².